The molecule has 78 valence electrons. The van der Waals surface area contributed by atoms with Gasteiger partial charge in [0, 0.05) is 23.2 Å². The lowest BCUT2D eigenvalue weighted by molar-refractivity contribution is 0.626. The Morgan fingerprint density at radius 3 is 3.12 bits per heavy atom. The number of fused-ring (bicyclic) bond motifs is 1. The second kappa shape index (κ2) is 4.54. The largest absolute Gasteiger partial charge is 0.256 e. The van der Waals surface area contributed by atoms with Gasteiger partial charge in [0.2, 0.25) is 0 Å². The lowest BCUT2D eigenvalue weighted by Crippen LogP contribution is -1.85. The fraction of sp³-hybridized carbons (Fsp3) is 0.0769. The van der Waals surface area contributed by atoms with E-state index < -0.39 is 0 Å². The highest BCUT2D eigenvalue weighted by molar-refractivity contribution is 5.81. The molecule has 0 aliphatic carbocycles. The molecule has 0 spiro atoms. The predicted molar refractivity (Wildman–Crippen MR) is 61.0 cm³/mol. The first-order valence-electron chi connectivity index (χ1n) is 4.89. The average Bonchev–Trinajstić information content (AvgIpc) is 2.30. The van der Waals surface area contributed by atoms with Crippen LogP contribution in [-0.4, -0.2) is 4.98 Å². The van der Waals surface area contributed by atoms with Gasteiger partial charge in [-0.2, -0.15) is 5.26 Å². The van der Waals surface area contributed by atoms with Crippen LogP contribution >= 0.6 is 0 Å². The van der Waals surface area contributed by atoms with Gasteiger partial charge in [-0.15, -0.1) is 0 Å². The summed E-state index contributed by atoms with van der Waals surface area (Å²) in [5, 5.41) is 9.27. The van der Waals surface area contributed by atoms with Crippen LogP contribution in [0.2, 0.25) is 0 Å². The molecule has 1 heterocycles. The van der Waals surface area contributed by atoms with Gasteiger partial charge in [0.15, 0.2) is 0 Å². The lowest BCUT2D eigenvalue weighted by atomic mass is 10.1. The lowest BCUT2D eigenvalue weighted by Gasteiger charge is -2.00. The molecule has 2 rings (SSSR count). The van der Waals surface area contributed by atoms with E-state index in [0.717, 1.165) is 5.39 Å². The number of nitrogens with zero attached hydrogens (tertiary/aromatic N) is 2. The van der Waals surface area contributed by atoms with Gasteiger partial charge in [0.05, 0.1) is 18.0 Å². The second-order valence-electron chi connectivity index (χ2n) is 3.33. The first-order valence-corrected chi connectivity index (χ1v) is 4.89. The van der Waals surface area contributed by atoms with Gasteiger partial charge in [-0.05, 0) is 12.1 Å². The van der Waals surface area contributed by atoms with Crippen LogP contribution in [0.1, 0.15) is 12.0 Å². The van der Waals surface area contributed by atoms with Gasteiger partial charge in [0.25, 0.3) is 0 Å². The molecule has 3 heteroatoms. The third-order valence-electron chi connectivity index (χ3n) is 2.23. The highest BCUT2D eigenvalue weighted by Crippen LogP contribution is 2.18. The third-order valence-corrected chi connectivity index (χ3v) is 2.23. The maximum absolute atomic E-state index is 13.6. The number of benzene rings is 1. The zero-order valence-corrected chi connectivity index (χ0v) is 8.52. The topological polar surface area (TPSA) is 36.7 Å². The molecule has 0 bridgehead atoms. The zero-order valence-electron chi connectivity index (χ0n) is 8.52. The number of aromatic nitrogens is 1. The number of hydrogen-bond acceptors (Lipinski definition) is 2. The Labute approximate surface area is 92.7 Å². The summed E-state index contributed by atoms with van der Waals surface area (Å²) >= 11 is 0. The molecule has 0 fully saturated rings. The predicted octanol–water partition coefficient (Wildman–Crippen LogP) is 3.30. The minimum absolute atomic E-state index is 0.282. The van der Waals surface area contributed by atoms with Gasteiger partial charge < -0.3 is 0 Å². The van der Waals surface area contributed by atoms with Gasteiger partial charge in [0.1, 0.15) is 5.82 Å². The van der Waals surface area contributed by atoms with E-state index in [1.807, 2.05) is 18.2 Å². The van der Waals surface area contributed by atoms with Crippen LogP contribution in [0.25, 0.3) is 17.0 Å². The van der Waals surface area contributed by atoms with Crippen molar-refractivity contribution in [1.29, 1.82) is 5.26 Å². The summed E-state index contributed by atoms with van der Waals surface area (Å²) in [6.45, 7) is 0. The maximum atomic E-state index is 13.6. The van der Waals surface area contributed by atoms with Crippen molar-refractivity contribution < 1.29 is 4.39 Å². The van der Waals surface area contributed by atoms with Crippen molar-refractivity contribution in [2.24, 2.45) is 0 Å². The Bertz CT molecular complexity index is 582. The fourth-order valence-corrected chi connectivity index (χ4v) is 1.48. The molecular weight excluding hydrogens is 203 g/mol. The molecule has 2 nitrogen and oxygen atoms in total. The number of halogens is 1. The van der Waals surface area contributed by atoms with E-state index in [9.17, 15) is 4.39 Å². The Morgan fingerprint density at radius 1 is 1.44 bits per heavy atom. The molecule has 0 unspecified atom stereocenters. The summed E-state index contributed by atoms with van der Waals surface area (Å²) in [7, 11) is 0. The van der Waals surface area contributed by atoms with Gasteiger partial charge in [-0.25, -0.2) is 4.39 Å². The van der Waals surface area contributed by atoms with Crippen molar-refractivity contribution in [3.63, 3.8) is 0 Å². The van der Waals surface area contributed by atoms with E-state index in [1.165, 1.54) is 6.07 Å². The normalized spacial score (nSPS) is 10.8. The molecule has 0 N–H and O–H groups in total. The van der Waals surface area contributed by atoms with E-state index in [4.69, 9.17) is 5.26 Å². The second-order valence-corrected chi connectivity index (χ2v) is 3.33. The Balaban J connectivity index is 2.47. The molecule has 1 aromatic carbocycles. The quantitative estimate of drug-likeness (QED) is 0.765. The number of allylic oxidation sites excluding steroid dienone is 1. The van der Waals surface area contributed by atoms with Crippen molar-refractivity contribution >= 4 is 17.0 Å². The molecule has 0 aliphatic rings. The monoisotopic (exact) mass is 212 g/mol. The third kappa shape index (κ3) is 2.06. The van der Waals surface area contributed by atoms with E-state index >= 15 is 0 Å². The first kappa shape index (κ1) is 10.3. The highest BCUT2D eigenvalue weighted by Gasteiger charge is 2.01. The molecule has 0 saturated heterocycles. The molecular formula is C13H9FN2. The molecule has 2 aromatic rings. The summed E-state index contributed by atoms with van der Waals surface area (Å²) in [4.78, 5) is 4.06. The van der Waals surface area contributed by atoms with Crippen molar-refractivity contribution in [3.8, 4) is 6.07 Å². The number of rotatable bonds is 2. The van der Waals surface area contributed by atoms with Crippen molar-refractivity contribution in [2.45, 2.75) is 6.42 Å². The number of nitriles is 1. The van der Waals surface area contributed by atoms with E-state index in [2.05, 4.69) is 4.98 Å². The minimum atomic E-state index is -0.319. The van der Waals surface area contributed by atoms with E-state index in [1.54, 1.807) is 24.4 Å². The van der Waals surface area contributed by atoms with Gasteiger partial charge >= 0.3 is 0 Å². The Hall–Kier alpha value is -2.21. The van der Waals surface area contributed by atoms with E-state index in [0.29, 0.717) is 11.1 Å². The Morgan fingerprint density at radius 2 is 2.31 bits per heavy atom. The molecule has 0 amide bonds. The summed E-state index contributed by atoms with van der Waals surface area (Å²) in [5.41, 5.74) is 1.12. The summed E-state index contributed by atoms with van der Waals surface area (Å²) in [5.74, 6) is -0.319. The summed E-state index contributed by atoms with van der Waals surface area (Å²) in [6, 6.07) is 8.79. The summed E-state index contributed by atoms with van der Waals surface area (Å²) < 4.78 is 13.6. The van der Waals surface area contributed by atoms with Crippen molar-refractivity contribution in [3.05, 3.63) is 47.9 Å². The smallest absolute Gasteiger partial charge is 0.132 e. The number of hydrogen-bond donors (Lipinski definition) is 0. The van der Waals surface area contributed by atoms with Crippen molar-refractivity contribution in [2.75, 3.05) is 0 Å². The van der Waals surface area contributed by atoms with Crippen LogP contribution < -0.4 is 0 Å². The van der Waals surface area contributed by atoms with Gasteiger partial charge in [-0.3, -0.25) is 4.98 Å². The molecule has 0 saturated carbocycles. The average molecular weight is 212 g/mol. The standard InChI is InChI=1S/C13H9FN2/c14-12-9-13-11(5-3-7-16-13)8-10(12)4-1-2-6-15/h1,3-5,7-9H,2H2. The molecule has 1 aromatic heterocycles. The first-order chi connectivity index (χ1) is 7.81. The zero-order chi connectivity index (χ0) is 11.4. The van der Waals surface area contributed by atoms with Crippen molar-refractivity contribution in [1.82, 2.24) is 4.98 Å². The SMILES string of the molecule is N#CCC=Cc1cc2cccnc2cc1F. The highest BCUT2D eigenvalue weighted by atomic mass is 19.1. The molecule has 0 radical (unpaired) electrons. The van der Waals surface area contributed by atoms with Crippen LogP contribution in [0.4, 0.5) is 4.39 Å². The Kier molecular flexibility index (Phi) is 2.93. The summed E-state index contributed by atoms with van der Waals surface area (Å²) in [6.07, 6.45) is 5.17. The minimum Gasteiger partial charge on any atom is -0.256 e. The van der Waals surface area contributed by atoms with Crippen LogP contribution in [0.5, 0.6) is 0 Å². The molecule has 0 aliphatic heterocycles. The van der Waals surface area contributed by atoms with Crippen LogP contribution in [0.15, 0.2) is 36.5 Å². The fourth-order valence-electron chi connectivity index (χ4n) is 1.48. The molecule has 16 heavy (non-hydrogen) atoms. The van der Waals surface area contributed by atoms with Gasteiger partial charge in [-0.1, -0.05) is 18.2 Å². The van der Waals surface area contributed by atoms with E-state index in [-0.39, 0.29) is 12.2 Å². The van der Waals surface area contributed by atoms with Crippen LogP contribution in [-0.2, 0) is 0 Å². The maximum Gasteiger partial charge on any atom is 0.132 e. The molecule has 0 atom stereocenters. The van der Waals surface area contributed by atoms with Crippen LogP contribution in [0.3, 0.4) is 0 Å². The van der Waals surface area contributed by atoms with Crippen LogP contribution in [0, 0.1) is 17.1 Å². The number of pyridine rings is 1.